The van der Waals surface area contributed by atoms with Crippen LogP contribution < -0.4 is 5.56 Å². The van der Waals surface area contributed by atoms with Crippen LogP contribution in [0.2, 0.25) is 0 Å². The average Bonchev–Trinajstić information content (AvgIpc) is 3.07. The maximum absolute atomic E-state index is 12.6. The lowest BCUT2D eigenvalue weighted by atomic mass is 9.96. The van der Waals surface area contributed by atoms with Crippen molar-refractivity contribution < 1.29 is 5.11 Å². The normalized spacial score (nSPS) is 14.0. The van der Waals surface area contributed by atoms with E-state index in [-0.39, 0.29) is 22.8 Å². The van der Waals surface area contributed by atoms with E-state index < -0.39 is 5.56 Å². The molecule has 4 rings (SSSR count). The van der Waals surface area contributed by atoms with Crippen molar-refractivity contribution in [3.8, 4) is 5.88 Å². The summed E-state index contributed by atoms with van der Waals surface area (Å²) in [5, 5.41) is 10.7. The highest BCUT2D eigenvalue weighted by Crippen LogP contribution is 2.38. The van der Waals surface area contributed by atoms with Gasteiger partial charge < -0.3 is 5.11 Å². The van der Waals surface area contributed by atoms with Gasteiger partial charge in [0.05, 0.1) is 11.4 Å². The Balaban J connectivity index is 1.97. The zero-order valence-corrected chi connectivity index (χ0v) is 15.7. The first kappa shape index (κ1) is 17.9. The number of nitrogens with zero attached hydrogens (tertiary/aromatic N) is 2. The monoisotopic (exact) mass is 387 g/mol. The number of aliphatic imine (C=N–C) groups is 1. The number of hydrogen-bond acceptors (Lipinski definition) is 4. The van der Waals surface area contributed by atoms with Crippen molar-refractivity contribution in [1.29, 1.82) is 0 Å². The molecule has 1 aliphatic rings. The van der Waals surface area contributed by atoms with Gasteiger partial charge in [-0.1, -0.05) is 54.6 Å². The second-order valence-electron chi connectivity index (χ2n) is 6.30. The minimum atomic E-state index is -0.452. The van der Waals surface area contributed by atoms with Crippen LogP contribution >= 0.6 is 12.2 Å². The first-order valence-electron chi connectivity index (χ1n) is 8.72. The molecular weight excluding hydrogens is 370 g/mol. The molecule has 2 heterocycles. The van der Waals surface area contributed by atoms with Crippen molar-refractivity contribution in [2.24, 2.45) is 4.99 Å². The average molecular weight is 387 g/mol. The van der Waals surface area contributed by atoms with Crippen LogP contribution in [0.1, 0.15) is 16.7 Å². The number of aromatic amines is 1. The van der Waals surface area contributed by atoms with Crippen LogP contribution in [0.3, 0.4) is 0 Å². The summed E-state index contributed by atoms with van der Waals surface area (Å²) in [5.74, 6) is -0.196. The lowest BCUT2D eigenvalue weighted by molar-refractivity contribution is 0.413. The van der Waals surface area contributed by atoms with Gasteiger partial charge in [0.25, 0.3) is 5.56 Å². The molecular formula is C22H17N3O2S. The van der Waals surface area contributed by atoms with Gasteiger partial charge >= 0.3 is 0 Å². The van der Waals surface area contributed by atoms with Crippen LogP contribution in [-0.4, -0.2) is 20.4 Å². The molecule has 0 spiro atoms. The summed E-state index contributed by atoms with van der Waals surface area (Å²) < 4.78 is 1.57. The Kier molecular flexibility index (Phi) is 4.63. The summed E-state index contributed by atoms with van der Waals surface area (Å²) in [4.78, 5) is 19.9. The summed E-state index contributed by atoms with van der Waals surface area (Å²) in [7, 11) is 0. The number of aromatic nitrogens is 2. The second kappa shape index (κ2) is 7.25. The largest absolute Gasteiger partial charge is 0.494 e. The molecule has 138 valence electrons. The summed E-state index contributed by atoms with van der Waals surface area (Å²) in [6.07, 6.45) is 3.27. The molecule has 2 N–H and O–H groups in total. The predicted octanol–water partition coefficient (Wildman–Crippen LogP) is 4.47. The van der Waals surface area contributed by atoms with Gasteiger partial charge in [-0.3, -0.25) is 14.3 Å². The fourth-order valence-corrected chi connectivity index (χ4v) is 3.47. The van der Waals surface area contributed by atoms with Gasteiger partial charge in [0, 0.05) is 23.2 Å². The Hall–Kier alpha value is -3.51. The quantitative estimate of drug-likeness (QED) is 0.512. The number of hydrogen-bond donors (Lipinski definition) is 2. The summed E-state index contributed by atoms with van der Waals surface area (Å²) >= 11 is 5.15. The zero-order chi connectivity index (χ0) is 19.7. The van der Waals surface area contributed by atoms with E-state index in [4.69, 9.17) is 17.2 Å². The van der Waals surface area contributed by atoms with E-state index in [1.165, 1.54) is 4.57 Å². The van der Waals surface area contributed by atoms with Crippen LogP contribution in [0.25, 0.3) is 11.6 Å². The van der Waals surface area contributed by atoms with Crippen molar-refractivity contribution >= 4 is 35.3 Å². The third kappa shape index (κ3) is 3.04. The lowest BCUT2D eigenvalue weighted by Gasteiger charge is -2.11. The van der Waals surface area contributed by atoms with Crippen LogP contribution in [0.4, 0.5) is 5.69 Å². The predicted molar refractivity (Wildman–Crippen MR) is 115 cm³/mol. The molecule has 0 aliphatic carbocycles. The first-order chi connectivity index (χ1) is 13.6. The molecule has 1 aliphatic heterocycles. The van der Waals surface area contributed by atoms with Crippen LogP contribution in [0.5, 0.6) is 5.88 Å². The SMILES string of the molecule is C=CCn1c(O)c(/C=C2/C(c3ccccc3)=Nc3ccccc32)c(=O)[nH]c1=S. The van der Waals surface area contributed by atoms with Crippen molar-refractivity contribution in [2.45, 2.75) is 6.54 Å². The molecule has 0 saturated heterocycles. The Bertz CT molecular complexity index is 1250. The van der Waals surface area contributed by atoms with Gasteiger partial charge in [-0.25, -0.2) is 4.99 Å². The summed E-state index contributed by atoms with van der Waals surface area (Å²) in [5.41, 5.74) is 3.85. The highest BCUT2D eigenvalue weighted by Gasteiger charge is 2.23. The molecule has 28 heavy (non-hydrogen) atoms. The maximum atomic E-state index is 12.6. The fourth-order valence-electron chi connectivity index (χ4n) is 3.22. The molecule has 1 aromatic heterocycles. The van der Waals surface area contributed by atoms with E-state index in [1.54, 1.807) is 12.2 Å². The van der Waals surface area contributed by atoms with Crippen molar-refractivity contribution in [3.63, 3.8) is 0 Å². The molecule has 5 nitrogen and oxygen atoms in total. The zero-order valence-electron chi connectivity index (χ0n) is 14.9. The Labute approximate surface area is 166 Å². The van der Waals surface area contributed by atoms with E-state index in [0.29, 0.717) is 0 Å². The van der Waals surface area contributed by atoms with Crippen molar-refractivity contribution in [1.82, 2.24) is 9.55 Å². The third-order valence-electron chi connectivity index (χ3n) is 4.54. The van der Waals surface area contributed by atoms with Gasteiger partial charge in [-0.2, -0.15) is 0 Å². The molecule has 3 aromatic rings. The number of allylic oxidation sites excluding steroid dienone is 2. The minimum Gasteiger partial charge on any atom is -0.494 e. The highest BCUT2D eigenvalue weighted by atomic mass is 32.1. The molecule has 0 saturated carbocycles. The summed E-state index contributed by atoms with van der Waals surface area (Å²) in [6.45, 7) is 3.96. The first-order valence-corrected chi connectivity index (χ1v) is 9.13. The molecule has 0 amide bonds. The number of nitrogens with one attached hydrogen (secondary N) is 1. The molecule has 0 radical (unpaired) electrons. The highest BCUT2D eigenvalue weighted by molar-refractivity contribution is 7.71. The molecule has 0 fully saturated rings. The number of benzene rings is 2. The maximum Gasteiger partial charge on any atom is 0.262 e. The van der Waals surface area contributed by atoms with E-state index in [1.807, 2.05) is 54.6 Å². The smallest absolute Gasteiger partial charge is 0.262 e. The van der Waals surface area contributed by atoms with E-state index >= 15 is 0 Å². The van der Waals surface area contributed by atoms with Gasteiger partial charge in [0.2, 0.25) is 5.88 Å². The van der Waals surface area contributed by atoms with Gasteiger partial charge in [-0.15, -0.1) is 6.58 Å². The van der Waals surface area contributed by atoms with E-state index in [0.717, 1.165) is 28.1 Å². The Morgan fingerprint density at radius 3 is 2.61 bits per heavy atom. The van der Waals surface area contributed by atoms with Crippen LogP contribution in [-0.2, 0) is 6.54 Å². The molecule has 6 heteroatoms. The lowest BCUT2D eigenvalue weighted by Crippen LogP contribution is -2.17. The van der Waals surface area contributed by atoms with E-state index in [2.05, 4.69) is 11.6 Å². The van der Waals surface area contributed by atoms with Crippen molar-refractivity contribution in [2.75, 3.05) is 0 Å². The molecule has 0 atom stereocenters. The Morgan fingerprint density at radius 2 is 1.86 bits per heavy atom. The van der Waals surface area contributed by atoms with Crippen LogP contribution in [0, 0.1) is 4.77 Å². The Morgan fingerprint density at radius 1 is 1.14 bits per heavy atom. The number of rotatable bonds is 4. The minimum absolute atomic E-state index is 0.130. The number of aromatic hydroxyl groups is 1. The number of H-pyrrole nitrogens is 1. The van der Waals surface area contributed by atoms with Crippen molar-refractivity contribution in [3.05, 3.63) is 99.1 Å². The van der Waals surface area contributed by atoms with E-state index in [9.17, 15) is 9.90 Å². The van der Waals surface area contributed by atoms with Gasteiger partial charge in [0.1, 0.15) is 5.56 Å². The standard InChI is InChI=1S/C22H17N3O2S/c1-2-12-25-21(27)17(20(26)24-22(25)28)13-16-15-10-6-7-11-18(15)23-19(16)14-8-4-3-5-9-14/h2-11,13,27H,1,12H2,(H,24,26,28)/b16-13+. The van der Waals surface area contributed by atoms with Gasteiger partial charge in [0.15, 0.2) is 4.77 Å². The molecule has 2 aromatic carbocycles. The summed E-state index contributed by atoms with van der Waals surface area (Å²) in [6, 6.07) is 17.5. The number of para-hydroxylation sites is 1. The third-order valence-corrected chi connectivity index (χ3v) is 4.86. The van der Waals surface area contributed by atoms with Gasteiger partial charge in [-0.05, 0) is 24.4 Å². The molecule has 0 unspecified atom stereocenters. The number of fused-ring (bicyclic) bond motifs is 1. The second-order valence-corrected chi connectivity index (χ2v) is 6.68. The topological polar surface area (TPSA) is 70.4 Å². The fraction of sp³-hybridized carbons (Fsp3) is 0.0455. The molecule has 0 bridgehead atoms. The van der Waals surface area contributed by atoms with Crippen LogP contribution in [0.15, 0.2) is 77.0 Å².